The van der Waals surface area contributed by atoms with E-state index in [0.717, 1.165) is 19.6 Å². The van der Waals surface area contributed by atoms with Gasteiger partial charge in [0.1, 0.15) is 0 Å². The van der Waals surface area contributed by atoms with E-state index < -0.39 is 0 Å². The number of nitrogens with zero attached hydrogens (tertiary/aromatic N) is 2. The van der Waals surface area contributed by atoms with Crippen LogP contribution in [0.15, 0.2) is 0 Å². The molecule has 1 aliphatic heterocycles. The molecule has 5 nitrogen and oxygen atoms in total. The third-order valence-corrected chi connectivity index (χ3v) is 2.52. The zero-order chi connectivity index (χ0) is 11.1. The first-order valence-electron chi connectivity index (χ1n) is 5.51. The Bertz CT molecular complexity index is 191. The Kier molecular flexibility index (Phi) is 5.42. The van der Waals surface area contributed by atoms with Crippen molar-refractivity contribution in [2.24, 2.45) is 0 Å². The van der Waals surface area contributed by atoms with E-state index in [2.05, 4.69) is 10.4 Å². The number of nitrogens with one attached hydrogen (secondary N) is 1. The molecule has 1 fully saturated rings. The average Bonchev–Trinajstić information content (AvgIpc) is 2.25. The van der Waals surface area contributed by atoms with E-state index in [1.807, 2.05) is 0 Å². The van der Waals surface area contributed by atoms with Crippen LogP contribution in [0.2, 0.25) is 0 Å². The van der Waals surface area contributed by atoms with Crippen LogP contribution < -0.4 is 5.48 Å². The molecule has 1 aliphatic rings. The van der Waals surface area contributed by atoms with Gasteiger partial charge in [0.2, 0.25) is 0 Å². The van der Waals surface area contributed by atoms with E-state index in [1.165, 1.54) is 24.2 Å². The molecule has 1 saturated heterocycles. The van der Waals surface area contributed by atoms with Gasteiger partial charge in [-0.15, -0.1) is 0 Å². The van der Waals surface area contributed by atoms with Gasteiger partial charge in [-0.3, -0.25) is 4.84 Å². The van der Waals surface area contributed by atoms with Gasteiger partial charge in [0.05, 0.1) is 6.61 Å². The van der Waals surface area contributed by atoms with Gasteiger partial charge in [0.15, 0.2) is 0 Å². The minimum absolute atomic E-state index is 0.214. The summed E-state index contributed by atoms with van der Waals surface area (Å²) in [4.78, 5) is 20.0. The molecule has 1 rings (SSSR count). The zero-order valence-corrected chi connectivity index (χ0v) is 9.66. The second-order valence-electron chi connectivity index (χ2n) is 4.05. The lowest BCUT2D eigenvalue weighted by Gasteiger charge is -2.26. The molecule has 0 bridgehead atoms. The molecule has 0 aromatic heterocycles. The summed E-state index contributed by atoms with van der Waals surface area (Å²) in [7, 11) is 3.37. The molecule has 1 N–H and O–H groups in total. The van der Waals surface area contributed by atoms with Crippen molar-refractivity contribution < 1.29 is 9.63 Å². The molecule has 0 unspecified atom stereocenters. The summed E-state index contributed by atoms with van der Waals surface area (Å²) in [5, 5.41) is 0. The first-order chi connectivity index (χ1) is 7.20. The quantitative estimate of drug-likeness (QED) is 0.554. The Morgan fingerprint density at radius 3 is 2.60 bits per heavy atom. The van der Waals surface area contributed by atoms with Crippen LogP contribution in [0.1, 0.15) is 19.3 Å². The Morgan fingerprint density at radius 2 is 2.00 bits per heavy atom. The van der Waals surface area contributed by atoms with Crippen molar-refractivity contribution in [2.45, 2.75) is 19.3 Å². The summed E-state index contributed by atoms with van der Waals surface area (Å²) >= 11 is 0. The van der Waals surface area contributed by atoms with Gasteiger partial charge in [-0.05, 0) is 25.9 Å². The van der Waals surface area contributed by atoms with Crippen LogP contribution in [-0.2, 0) is 4.84 Å². The third-order valence-electron chi connectivity index (χ3n) is 2.52. The number of hydrogen-bond donors (Lipinski definition) is 1. The summed E-state index contributed by atoms with van der Waals surface area (Å²) in [6, 6.07) is -0.214. The van der Waals surface area contributed by atoms with Crippen molar-refractivity contribution >= 4 is 6.03 Å². The Labute approximate surface area is 91.3 Å². The van der Waals surface area contributed by atoms with E-state index in [4.69, 9.17) is 4.84 Å². The second kappa shape index (κ2) is 6.63. The van der Waals surface area contributed by atoms with Crippen LogP contribution in [0.3, 0.4) is 0 Å². The van der Waals surface area contributed by atoms with Crippen LogP contribution in [-0.4, -0.2) is 56.2 Å². The van der Waals surface area contributed by atoms with Crippen molar-refractivity contribution in [1.29, 1.82) is 0 Å². The largest absolute Gasteiger partial charge is 0.340 e. The van der Waals surface area contributed by atoms with Crippen molar-refractivity contribution in [1.82, 2.24) is 15.3 Å². The topological polar surface area (TPSA) is 44.8 Å². The lowest BCUT2D eigenvalue weighted by Crippen LogP contribution is -2.38. The Balaban J connectivity index is 1.98. The SMILES string of the molecule is CN(C)C(=O)NOCCN1CCCCC1. The highest BCUT2D eigenvalue weighted by atomic mass is 16.7. The standard InChI is InChI=1S/C10H21N3O2/c1-12(2)10(14)11-15-9-8-13-6-4-3-5-7-13/h3-9H2,1-2H3,(H,11,14). The van der Waals surface area contributed by atoms with Gasteiger partial charge in [-0.25, -0.2) is 10.3 Å². The summed E-state index contributed by atoms with van der Waals surface area (Å²) in [5.74, 6) is 0. The first-order valence-corrected chi connectivity index (χ1v) is 5.51. The molecule has 0 atom stereocenters. The number of hydrogen-bond acceptors (Lipinski definition) is 3. The lowest BCUT2D eigenvalue weighted by molar-refractivity contribution is 0.0350. The second-order valence-corrected chi connectivity index (χ2v) is 4.05. The minimum atomic E-state index is -0.214. The summed E-state index contributed by atoms with van der Waals surface area (Å²) in [5.41, 5.74) is 2.38. The van der Waals surface area contributed by atoms with Gasteiger partial charge >= 0.3 is 6.03 Å². The molecular weight excluding hydrogens is 194 g/mol. The van der Waals surface area contributed by atoms with Crippen LogP contribution in [0.4, 0.5) is 4.79 Å². The number of hydroxylamine groups is 1. The molecule has 88 valence electrons. The number of piperidine rings is 1. The highest BCUT2D eigenvalue weighted by molar-refractivity contribution is 5.72. The highest BCUT2D eigenvalue weighted by Crippen LogP contribution is 2.07. The summed E-state index contributed by atoms with van der Waals surface area (Å²) < 4.78 is 0. The van der Waals surface area contributed by atoms with E-state index in [9.17, 15) is 4.79 Å². The number of amides is 2. The zero-order valence-electron chi connectivity index (χ0n) is 9.66. The van der Waals surface area contributed by atoms with E-state index in [0.29, 0.717) is 6.61 Å². The smallest absolute Gasteiger partial charge is 0.329 e. The number of urea groups is 1. The molecule has 15 heavy (non-hydrogen) atoms. The minimum Gasteiger partial charge on any atom is -0.329 e. The molecule has 0 spiro atoms. The average molecular weight is 215 g/mol. The van der Waals surface area contributed by atoms with Gasteiger partial charge < -0.3 is 9.80 Å². The van der Waals surface area contributed by atoms with Gasteiger partial charge in [0.25, 0.3) is 0 Å². The van der Waals surface area contributed by atoms with Crippen LogP contribution in [0.5, 0.6) is 0 Å². The molecule has 0 saturated carbocycles. The number of rotatable bonds is 4. The fraction of sp³-hybridized carbons (Fsp3) is 0.900. The highest BCUT2D eigenvalue weighted by Gasteiger charge is 2.09. The fourth-order valence-electron chi connectivity index (χ4n) is 1.56. The van der Waals surface area contributed by atoms with Gasteiger partial charge in [-0.1, -0.05) is 6.42 Å². The van der Waals surface area contributed by atoms with Crippen molar-refractivity contribution in [2.75, 3.05) is 40.3 Å². The lowest BCUT2D eigenvalue weighted by atomic mass is 10.1. The maximum atomic E-state index is 11.1. The molecule has 1 heterocycles. The van der Waals surface area contributed by atoms with Crippen LogP contribution in [0, 0.1) is 0 Å². The van der Waals surface area contributed by atoms with Crippen LogP contribution >= 0.6 is 0 Å². The summed E-state index contributed by atoms with van der Waals surface area (Å²) in [6.45, 7) is 3.77. The maximum absolute atomic E-state index is 11.1. The molecule has 0 aromatic carbocycles. The first kappa shape index (κ1) is 12.3. The molecule has 0 aromatic rings. The van der Waals surface area contributed by atoms with Gasteiger partial charge in [0, 0.05) is 20.6 Å². The summed E-state index contributed by atoms with van der Waals surface area (Å²) in [6.07, 6.45) is 3.91. The van der Waals surface area contributed by atoms with Gasteiger partial charge in [-0.2, -0.15) is 0 Å². The third kappa shape index (κ3) is 4.99. The van der Waals surface area contributed by atoms with E-state index in [1.54, 1.807) is 14.1 Å². The Hall–Kier alpha value is -0.810. The normalized spacial score (nSPS) is 17.5. The molecule has 2 amide bonds. The number of likely N-dealkylation sites (tertiary alicyclic amines) is 1. The van der Waals surface area contributed by atoms with Crippen molar-refractivity contribution in [3.63, 3.8) is 0 Å². The maximum Gasteiger partial charge on any atom is 0.340 e. The molecular formula is C10H21N3O2. The Morgan fingerprint density at radius 1 is 1.33 bits per heavy atom. The predicted molar refractivity (Wildman–Crippen MR) is 58.5 cm³/mol. The van der Waals surface area contributed by atoms with E-state index in [-0.39, 0.29) is 6.03 Å². The van der Waals surface area contributed by atoms with Crippen LogP contribution in [0.25, 0.3) is 0 Å². The number of carbonyl (C=O) groups is 1. The molecule has 0 radical (unpaired) electrons. The predicted octanol–water partition coefficient (Wildman–Crippen LogP) is 0.675. The molecule has 5 heteroatoms. The van der Waals surface area contributed by atoms with E-state index >= 15 is 0 Å². The number of carbonyl (C=O) groups excluding carboxylic acids is 1. The fourth-order valence-corrected chi connectivity index (χ4v) is 1.56. The van der Waals surface area contributed by atoms with Crippen molar-refractivity contribution in [3.8, 4) is 0 Å². The molecule has 0 aliphatic carbocycles. The monoisotopic (exact) mass is 215 g/mol. The van der Waals surface area contributed by atoms with Crippen molar-refractivity contribution in [3.05, 3.63) is 0 Å².